The molecule has 7 nitrogen and oxygen atoms in total. The van der Waals surface area contributed by atoms with Crippen molar-refractivity contribution in [3.63, 3.8) is 0 Å². The zero-order chi connectivity index (χ0) is 26.0. The maximum atomic E-state index is 12.5. The highest BCUT2D eigenvalue weighted by molar-refractivity contribution is 5.78. The maximum absolute atomic E-state index is 12.5. The van der Waals surface area contributed by atoms with E-state index in [0.717, 1.165) is 12.8 Å². The van der Waals surface area contributed by atoms with Crippen molar-refractivity contribution in [2.24, 2.45) is 0 Å². The topological polar surface area (TPSA) is 112 Å². The van der Waals surface area contributed by atoms with E-state index in [9.17, 15) is 29.7 Å². The number of hydrogen-bond donors (Lipinski definition) is 3. The third-order valence-corrected chi connectivity index (χ3v) is 6.84. The summed E-state index contributed by atoms with van der Waals surface area (Å²) in [5.74, 6) is -3.31. The number of carboxylic acids is 3. The summed E-state index contributed by atoms with van der Waals surface area (Å²) in [5, 5.41) is 30.6. The molecule has 0 saturated carbocycles. The molecule has 3 atom stereocenters. The lowest BCUT2D eigenvalue weighted by Gasteiger charge is -2.50. The first-order chi connectivity index (χ1) is 16.2. The Morgan fingerprint density at radius 3 is 1.32 bits per heavy atom. The van der Waals surface area contributed by atoms with Crippen LogP contribution in [0.1, 0.15) is 118 Å². The van der Waals surface area contributed by atoms with E-state index in [-0.39, 0.29) is 25.8 Å². The standard InChI is InChI=1S/C27H49NO6/c1-5-9-10-11-12-13-14-15-16-17-21-28(22(18-6-2)25(29)30,23(19-7-3)26(31)32)24(20-8-4)27(33)34/h14-15,22-24H,5-13,16-21H2,1-4H3,(H2-,29,30,31,32,33,34)/p+1/b15-14+. The Morgan fingerprint density at radius 1 is 0.588 bits per heavy atom. The van der Waals surface area contributed by atoms with Gasteiger partial charge in [0.1, 0.15) is 0 Å². The predicted octanol–water partition coefficient (Wildman–Crippen LogP) is 6.26. The highest BCUT2D eigenvalue weighted by Gasteiger charge is 2.56. The van der Waals surface area contributed by atoms with E-state index in [1.165, 1.54) is 25.7 Å². The third-order valence-electron chi connectivity index (χ3n) is 6.84. The van der Waals surface area contributed by atoms with Gasteiger partial charge in [0.05, 0.1) is 6.54 Å². The molecule has 0 amide bonds. The fourth-order valence-electron chi connectivity index (χ4n) is 5.23. The monoisotopic (exact) mass is 484 g/mol. The van der Waals surface area contributed by atoms with E-state index in [0.29, 0.717) is 32.1 Å². The van der Waals surface area contributed by atoms with Gasteiger partial charge >= 0.3 is 17.9 Å². The average molecular weight is 485 g/mol. The van der Waals surface area contributed by atoms with Crippen LogP contribution in [0.4, 0.5) is 0 Å². The molecule has 0 aromatic rings. The van der Waals surface area contributed by atoms with Crippen LogP contribution >= 0.6 is 0 Å². The van der Waals surface area contributed by atoms with Gasteiger partial charge in [-0.25, -0.2) is 14.4 Å². The lowest BCUT2D eigenvalue weighted by Crippen LogP contribution is -2.72. The number of aliphatic carboxylic acids is 3. The largest absolute Gasteiger partial charge is 0.477 e. The van der Waals surface area contributed by atoms with Gasteiger partial charge in [-0.1, -0.05) is 65.5 Å². The summed E-state index contributed by atoms with van der Waals surface area (Å²) in [7, 11) is 0. The molecule has 0 aromatic heterocycles. The van der Waals surface area contributed by atoms with Gasteiger partial charge < -0.3 is 15.3 Å². The zero-order valence-corrected chi connectivity index (χ0v) is 22.0. The molecule has 3 unspecified atom stereocenters. The lowest BCUT2D eigenvalue weighted by atomic mass is 9.91. The van der Waals surface area contributed by atoms with Crippen LogP contribution in [0, 0.1) is 0 Å². The van der Waals surface area contributed by atoms with E-state index in [4.69, 9.17) is 0 Å². The minimum absolute atomic E-state index is 0.228. The molecule has 0 heterocycles. The van der Waals surface area contributed by atoms with Crippen molar-refractivity contribution in [3.05, 3.63) is 12.2 Å². The van der Waals surface area contributed by atoms with Crippen molar-refractivity contribution in [1.29, 1.82) is 0 Å². The minimum Gasteiger partial charge on any atom is -0.477 e. The molecule has 0 bridgehead atoms. The summed E-state index contributed by atoms with van der Waals surface area (Å²) in [6, 6.07) is -3.19. The van der Waals surface area contributed by atoms with Gasteiger partial charge in [-0.05, 0) is 38.5 Å². The fourth-order valence-corrected chi connectivity index (χ4v) is 5.23. The van der Waals surface area contributed by atoms with Crippen LogP contribution in [0.25, 0.3) is 0 Å². The highest BCUT2D eigenvalue weighted by Crippen LogP contribution is 2.34. The molecule has 0 spiro atoms. The van der Waals surface area contributed by atoms with Crippen LogP contribution in [0.5, 0.6) is 0 Å². The molecule has 0 radical (unpaired) electrons. The number of rotatable bonds is 22. The Kier molecular flexibility index (Phi) is 17.4. The van der Waals surface area contributed by atoms with Gasteiger partial charge in [-0.3, -0.25) is 4.48 Å². The Hall–Kier alpha value is -1.89. The van der Waals surface area contributed by atoms with Crippen LogP contribution in [-0.4, -0.2) is 62.4 Å². The van der Waals surface area contributed by atoms with Crippen LogP contribution in [0.2, 0.25) is 0 Å². The SMILES string of the molecule is CCCCCCC/C=C/CCC[N+](C(CCC)C(=O)O)(C(CCC)C(=O)O)C(CCC)C(=O)O. The smallest absolute Gasteiger partial charge is 0.362 e. The summed E-state index contributed by atoms with van der Waals surface area (Å²) in [6.07, 6.45) is 14.9. The van der Waals surface area contributed by atoms with Crippen molar-refractivity contribution >= 4 is 17.9 Å². The van der Waals surface area contributed by atoms with Gasteiger partial charge in [0.15, 0.2) is 18.1 Å². The number of unbranched alkanes of at least 4 members (excludes halogenated alkanes) is 6. The Balaban J connectivity index is 5.96. The Bertz CT molecular complexity index is 558. The first-order valence-electron chi connectivity index (χ1n) is 13.4. The van der Waals surface area contributed by atoms with Crippen molar-refractivity contribution < 1.29 is 34.2 Å². The van der Waals surface area contributed by atoms with Crippen molar-refractivity contribution in [2.45, 2.75) is 136 Å². The second-order valence-electron chi connectivity index (χ2n) is 9.46. The Labute approximate surface area is 206 Å². The average Bonchev–Trinajstić information content (AvgIpc) is 2.78. The molecule has 198 valence electrons. The molecular weight excluding hydrogens is 434 g/mol. The first kappa shape index (κ1) is 32.1. The minimum atomic E-state index is -1.10. The van der Waals surface area contributed by atoms with E-state index in [1.54, 1.807) is 0 Å². The van der Waals surface area contributed by atoms with Gasteiger partial charge in [0.25, 0.3) is 0 Å². The molecular formula is C27H50NO6+. The quantitative estimate of drug-likeness (QED) is 0.0950. The molecule has 0 aliphatic heterocycles. The Morgan fingerprint density at radius 2 is 0.971 bits per heavy atom. The van der Waals surface area contributed by atoms with E-state index in [2.05, 4.69) is 19.1 Å². The summed E-state index contributed by atoms with van der Waals surface area (Å²) in [5.41, 5.74) is 0. The zero-order valence-electron chi connectivity index (χ0n) is 22.0. The van der Waals surface area contributed by atoms with Crippen molar-refractivity contribution in [2.75, 3.05) is 6.54 Å². The number of nitrogens with zero attached hydrogens (tertiary/aromatic N) is 1. The molecule has 0 aliphatic carbocycles. The molecule has 0 rings (SSSR count). The number of carboxylic acid groups (broad SMARTS) is 3. The fraction of sp³-hybridized carbons (Fsp3) is 0.815. The predicted molar refractivity (Wildman–Crippen MR) is 136 cm³/mol. The number of allylic oxidation sites excluding steroid dienone is 2. The van der Waals surface area contributed by atoms with Crippen molar-refractivity contribution in [1.82, 2.24) is 0 Å². The lowest BCUT2D eigenvalue weighted by molar-refractivity contribution is -0.973. The molecule has 0 fully saturated rings. The van der Waals surface area contributed by atoms with Gasteiger partial charge in [0, 0.05) is 25.7 Å². The summed E-state index contributed by atoms with van der Waals surface area (Å²) in [6.45, 7) is 8.00. The van der Waals surface area contributed by atoms with Gasteiger partial charge in [-0.2, -0.15) is 0 Å². The molecule has 0 aromatic carbocycles. The molecule has 0 saturated heterocycles. The van der Waals surface area contributed by atoms with Crippen molar-refractivity contribution in [3.8, 4) is 0 Å². The molecule has 34 heavy (non-hydrogen) atoms. The number of quaternary nitrogens is 1. The van der Waals surface area contributed by atoms with Gasteiger partial charge in [-0.15, -0.1) is 0 Å². The summed E-state index contributed by atoms with van der Waals surface area (Å²) in [4.78, 5) is 37.4. The van der Waals surface area contributed by atoms with Gasteiger partial charge in [0.2, 0.25) is 0 Å². The first-order valence-corrected chi connectivity index (χ1v) is 13.4. The van der Waals surface area contributed by atoms with Crippen LogP contribution in [0.3, 0.4) is 0 Å². The molecule has 3 N–H and O–H groups in total. The summed E-state index contributed by atoms with van der Waals surface area (Å²) >= 11 is 0. The van der Waals surface area contributed by atoms with E-state index >= 15 is 0 Å². The number of carbonyl (C=O) groups is 3. The van der Waals surface area contributed by atoms with Crippen LogP contribution in [-0.2, 0) is 14.4 Å². The molecule has 7 heteroatoms. The highest BCUT2D eigenvalue weighted by atomic mass is 16.4. The summed E-state index contributed by atoms with van der Waals surface area (Å²) < 4.78 is -0.402. The van der Waals surface area contributed by atoms with E-state index < -0.39 is 40.5 Å². The normalized spacial score (nSPS) is 16.1. The van der Waals surface area contributed by atoms with Crippen LogP contribution in [0.15, 0.2) is 12.2 Å². The van der Waals surface area contributed by atoms with Crippen LogP contribution < -0.4 is 0 Å². The third kappa shape index (κ3) is 10.2. The number of hydrogen-bond acceptors (Lipinski definition) is 3. The van der Waals surface area contributed by atoms with E-state index in [1.807, 2.05) is 20.8 Å². The second-order valence-corrected chi connectivity index (χ2v) is 9.46. The maximum Gasteiger partial charge on any atom is 0.362 e. The second kappa shape index (κ2) is 18.4. The molecule has 0 aliphatic rings.